The summed E-state index contributed by atoms with van der Waals surface area (Å²) in [4.78, 5) is 24.0. The van der Waals surface area contributed by atoms with Crippen LogP contribution in [-0.4, -0.2) is 82.7 Å². The number of hydrogen-bond acceptors (Lipinski definition) is 8. The fourth-order valence-corrected chi connectivity index (χ4v) is 6.48. The fourth-order valence-electron chi connectivity index (χ4n) is 5.72. The quantitative estimate of drug-likeness (QED) is 0.246. The highest BCUT2D eigenvalue weighted by Crippen LogP contribution is 2.38. The minimum Gasteiger partial charge on any atom is -0.378 e. The lowest BCUT2D eigenvalue weighted by Crippen LogP contribution is -2.43. The molecule has 12 heteroatoms. The Morgan fingerprint density at radius 1 is 1.24 bits per heavy atom. The van der Waals surface area contributed by atoms with E-state index in [1.54, 1.807) is 6.33 Å². The first kappa shape index (κ1) is 29.2. The number of carbonyl (C=O) groups is 1. The van der Waals surface area contributed by atoms with Crippen LogP contribution in [0.4, 0.5) is 5.82 Å². The number of nitrogens with zero attached hydrogens (tertiary/aromatic N) is 7. The van der Waals surface area contributed by atoms with Crippen LogP contribution in [-0.2, 0) is 21.0 Å². The molecule has 2 aliphatic rings. The van der Waals surface area contributed by atoms with Gasteiger partial charge in [-0.1, -0.05) is 32.5 Å². The second-order valence-electron chi connectivity index (χ2n) is 12.3. The minimum atomic E-state index is -1.17. The van der Waals surface area contributed by atoms with Crippen LogP contribution < -0.4 is 5.32 Å². The highest BCUT2D eigenvalue weighted by molar-refractivity contribution is 6.76. The van der Waals surface area contributed by atoms with Gasteiger partial charge in [0.1, 0.15) is 18.7 Å². The van der Waals surface area contributed by atoms with Gasteiger partial charge in [0.05, 0.1) is 49.5 Å². The van der Waals surface area contributed by atoms with Crippen molar-refractivity contribution in [3.63, 3.8) is 0 Å². The van der Waals surface area contributed by atoms with Crippen LogP contribution in [0.15, 0.2) is 24.8 Å². The number of amides is 1. The standard InChI is InChI=1S/C29H42N8O3Si/c1-41(2,3)17-16-40-21-36-11-9-23-27(32-20-33-29(23)36)24-19-37(25(8-10-30)22-6-4-5-7-22)34-28(24)31-18-26(38)35-12-14-39-15-13-35/h9,11,19-20,22,25H,4-8,12-18,21H2,1-3H3,(H,31,34). The van der Waals surface area contributed by atoms with Gasteiger partial charge in [0.25, 0.3) is 0 Å². The Hall–Kier alpha value is -3.27. The lowest BCUT2D eigenvalue weighted by atomic mass is 9.96. The van der Waals surface area contributed by atoms with Crippen molar-refractivity contribution in [1.82, 2.24) is 29.2 Å². The average molecular weight is 579 g/mol. The molecule has 5 rings (SSSR count). The van der Waals surface area contributed by atoms with Crippen LogP contribution in [0.25, 0.3) is 22.3 Å². The summed E-state index contributed by atoms with van der Waals surface area (Å²) in [5, 5.41) is 18.8. The molecule has 3 aromatic heterocycles. The van der Waals surface area contributed by atoms with Gasteiger partial charge in [-0.25, -0.2) is 9.97 Å². The molecule has 0 bridgehead atoms. The molecule has 41 heavy (non-hydrogen) atoms. The number of anilines is 1. The molecule has 11 nitrogen and oxygen atoms in total. The van der Waals surface area contributed by atoms with E-state index in [4.69, 9.17) is 14.6 Å². The molecule has 220 valence electrons. The second kappa shape index (κ2) is 13.1. The Labute approximate surface area is 242 Å². The van der Waals surface area contributed by atoms with E-state index in [9.17, 15) is 10.1 Å². The summed E-state index contributed by atoms with van der Waals surface area (Å²) >= 11 is 0. The Bertz CT molecular complexity index is 1360. The smallest absolute Gasteiger partial charge is 0.242 e. The summed E-state index contributed by atoms with van der Waals surface area (Å²) in [7, 11) is -1.17. The first-order valence-electron chi connectivity index (χ1n) is 14.8. The summed E-state index contributed by atoms with van der Waals surface area (Å²) in [6.07, 6.45) is 10.5. The van der Waals surface area contributed by atoms with E-state index in [1.807, 2.05) is 32.6 Å². The van der Waals surface area contributed by atoms with Gasteiger partial charge in [-0.2, -0.15) is 10.4 Å². The van der Waals surface area contributed by atoms with Gasteiger partial charge in [0.15, 0.2) is 5.82 Å². The summed E-state index contributed by atoms with van der Waals surface area (Å²) in [5.74, 6) is 1.00. The lowest BCUT2D eigenvalue weighted by molar-refractivity contribution is -0.133. The van der Waals surface area contributed by atoms with Crippen LogP contribution in [0.1, 0.15) is 38.1 Å². The van der Waals surface area contributed by atoms with E-state index in [0.717, 1.165) is 47.8 Å². The van der Waals surface area contributed by atoms with Crippen molar-refractivity contribution in [3.8, 4) is 17.3 Å². The normalized spacial score (nSPS) is 17.2. The monoisotopic (exact) mass is 578 g/mol. The molecule has 0 aromatic carbocycles. The van der Waals surface area contributed by atoms with E-state index in [-0.39, 0.29) is 18.5 Å². The van der Waals surface area contributed by atoms with Crippen molar-refractivity contribution in [2.24, 2.45) is 5.92 Å². The maximum Gasteiger partial charge on any atom is 0.242 e. The number of nitriles is 1. The summed E-state index contributed by atoms with van der Waals surface area (Å²) < 4.78 is 15.3. The second-order valence-corrected chi connectivity index (χ2v) is 17.9. The number of fused-ring (bicyclic) bond motifs is 1. The van der Waals surface area contributed by atoms with Crippen LogP contribution in [0, 0.1) is 17.2 Å². The zero-order valence-corrected chi connectivity index (χ0v) is 25.5. The molecule has 1 aliphatic carbocycles. The van der Waals surface area contributed by atoms with E-state index in [2.05, 4.69) is 41.0 Å². The molecule has 1 aliphatic heterocycles. The van der Waals surface area contributed by atoms with Gasteiger partial charge in [0, 0.05) is 45.6 Å². The summed E-state index contributed by atoms with van der Waals surface area (Å²) in [5.41, 5.74) is 2.33. The number of morpholine rings is 1. The molecule has 1 saturated carbocycles. The molecule has 0 spiro atoms. The van der Waals surface area contributed by atoms with Crippen molar-refractivity contribution >= 4 is 30.8 Å². The number of carbonyl (C=O) groups excluding carboxylic acids is 1. The van der Waals surface area contributed by atoms with Crippen LogP contribution in [0.5, 0.6) is 0 Å². The molecule has 1 saturated heterocycles. The Morgan fingerprint density at radius 2 is 2.02 bits per heavy atom. The number of hydrogen-bond donors (Lipinski definition) is 1. The van der Waals surface area contributed by atoms with Gasteiger partial charge < -0.3 is 24.3 Å². The number of nitrogens with one attached hydrogen (secondary N) is 1. The fraction of sp³-hybridized carbons (Fsp3) is 0.621. The van der Waals surface area contributed by atoms with Crippen molar-refractivity contribution in [2.45, 2.75) is 70.6 Å². The average Bonchev–Trinajstić information content (AvgIpc) is 3.73. The molecule has 4 heterocycles. The molecule has 1 unspecified atom stereocenters. The van der Waals surface area contributed by atoms with E-state index >= 15 is 0 Å². The van der Waals surface area contributed by atoms with Crippen molar-refractivity contribution in [3.05, 3.63) is 24.8 Å². The highest BCUT2D eigenvalue weighted by Gasteiger charge is 2.29. The third-order valence-corrected chi connectivity index (χ3v) is 9.83. The molecule has 1 N–H and O–H groups in total. The maximum atomic E-state index is 13.0. The van der Waals surface area contributed by atoms with E-state index in [0.29, 0.717) is 51.2 Å². The SMILES string of the molecule is C[Si](C)(C)CCOCn1ccc2c(-c3cn(C(CC#N)C4CCCC4)nc3NCC(=O)N3CCOCC3)ncnc21. The highest BCUT2D eigenvalue weighted by atomic mass is 28.3. The van der Waals surface area contributed by atoms with E-state index in [1.165, 1.54) is 12.8 Å². The van der Waals surface area contributed by atoms with Crippen molar-refractivity contribution in [1.29, 1.82) is 5.26 Å². The van der Waals surface area contributed by atoms with Gasteiger partial charge in [-0.05, 0) is 30.9 Å². The summed E-state index contributed by atoms with van der Waals surface area (Å²) in [6, 6.07) is 5.47. The number of ether oxygens (including phenoxy) is 2. The third-order valence-electron chi connectivity index (χ3n) is 8.12. The lowest BCUT2D eigenvalue weighted by Gasteiger charge is -2.27. The Balaban J connectivity index is 1.44. The Kier molecular flexibility index (Phi) is 9.37. The van der Waals surface area contributed by atoms with E-state index < -0.39 is 8.07 Å². The summed E-state index contributed by atoms with van der Waals surface area (Å²) in [6.45, 7) is 10.6. The molecule has 3 aromatic rings. The number of aromatic nitrogens is 5. The largest absolute Gasteiger partial charge is 0.378 e. The molecular weight excluding hydrogens is 536 g/mol. The molecule has 1 atom stereocenters. The van der Waals surface area contributed by atoms with Gasteiger partial charge in [-0.15, -0.1) is 0 Å². The van der Waals surface area contributed by atoms with Crippen LogP contribution >= 0.6 is 0 Å². The van der Waals surface area contributed by atoms with Crippen molar-refractivity contribution in [2.75, 3.05) is 44.8 Å². The minimum absolute atomic E-state index is 0.00706. The third kappa shape index (κ3) is 7.15. The molecule has 2 fully saturated rings. The zero-order valence-electron chi connectivity index (χ0n) is 24.5. The first-order chi connectivity index (χ1) is 19.8. The topological polar surface area (TPSA) is 123 Å². The molecule has 0 radical (unpaired) electrons. The predicted molar refractivity (Wildman–Crippen MR) is 160 cm³/mol. The predicted octanol–water partition coefficient (Wildman–Crippen LogP) is 4.52. The van der Waals surface area contributed by atoms with Gasteiger partial charge in [-0.3, -0.25) is 9.48 Å². The van der Waals surface area contributed by atoms with Gasteiger partial charge in [0.2, 0.25) is 5.91 Å². The first-order valence-corrected chi connectivity index (χ1v) is 18.5. The van der Waals surface area contributed by atoms with Crippen molar-refractivity contribution < 1.29 is 14.3 Å². The molecule has 1 amide bonds. The Morgan fingerprint density at radius 3 is 2.76 bits per heavy atom. The molecular formula is C29H42N8O3Si. The zero-order chi connectivity index (χ0) is 28.8. The van der Waals surface area contributed by atoms with Crippen LogP contribution in [0.3, 0.4) is 0 Å². The van der Waals surface area contributed by atoms with Crippen LogP contribution in [0.2, 0.25) is 25.7 Å². The maximum absolute atomic E-state index is 13.0. The number of rotatable bonds is 12. The van der Waals surface area contributed by atoms with Gasteiger partial charge >= 0.3 is 0 Å².